The molecule has 0 aliphatic rings. The monoisotopic (exact) mass is 252 g/mol. The molecule has 2 nitrogen and oxygen atoms in total. The molecular weight excluding hydrogens is 236 g/mol. The van der Waals surface area contributed by atoms with Crippen LogP contribution in [0.5, 0.6) is 0 Å². The average molecular weight is 252 g/mol. The topological polar surface area (TPSA) is 28.7 Å². The molecule has 86 valence electrons. The number of H-pyrrole nitrogens is 1. The second-order valence-corrected chi connectivity index (χ2v) is 5.54. The van der Waals surface area contributed by atoms with Gasteiger partial charge < -0.3 is 4.98 Å². The van der Waals surface area contributed by atoms with Crippen LogP contribution < -0.4 is 0 Å². The summed E-state index contributed by atoms with van der Waals surface area (Å²) >= 11 is 7.19. The predicted molar refractivity (Wildman–Crippen MR) is 72.9 cm³/mol. The summed E-state index contributed by atoms with van der Waals surface area (Å²) < 4.78 is 0.856. The fourth-order valence-electron chi connectivity index (χ4n) is 2.00. The van der Waals surface area contributed by atoms with E-state index >= 15 is 0 Å². The van der Waals surface area contributed by atoms with E-state index in [1.54, 1.807) is 11.3 Å². The van der Waals surface area contributed by atoms with Crippen LogP contribution in [0.15, 0.2) is 0 Å². The first-order chi connectivity index (χ1) is 7.67. The molecule has 2 aromatic rings. The summed E-state index contributed by atoms with van der Waals surface area (Å²) in [5.74, 6) is 1.02. The average Bonchev–Trinajstić information content (AvgIpc) is 2.54. The highest BCUT2D eigenvalue weighted by atomic mass is 32.1. The molecule has 0 unspecified atom stereocenters. The number of aryl methyl sites for hydroxylation is 3. The fourth-order valence-corrected chi connectivity index (χ4v) is 3.55. The molecule has 2 rings (SSSR count). The number of hydrogen-bond acceptors (Lipinski definition) is 3. The normalized spacial score (nSPS) is 11.2. The number of thiophene rings is 1. The van der Waals surface area contributed by atoms with Gasteiger partial charge in [0.2, 0.25) is 0 Å². The zero-order valence-electron chi connectivity index (χ0n) is 9.89. The molecule has 16 heavy (non-hydrogen) atoms. The van der Waals surface area contributed by atoms with Crippen molar-refractivity contribution >= 4 is 33.8 Å². The van der Waals surface area contributed by atoms with Crippen molar-refractivity contribution in [3.05, 3.63) is 20.9 Å². The van der Waals surface area contributed by atoms with E-state index in [1.807, 2.05) is 0 Å². The molecule has 0 amide bonds. The van der Waals surface area contributed by atoms with E-state index in [0.29, 0.717) is 0 Å². The Kier molecular flexibility index (Phi) is 3.40. The van der Waals surface area contributed by atoms with Crippen molar-refractivity contribution in [2.24, 2.45) is 0 Å². The second-order valence-electron chi connectivity index (χ2n) is 3.93. The van der Waals surface area contributed by atoms with Gasteiger partial charge in [-0.3, -0.25) is 0 Å². The van der Waals surface area contributed by atoms with E-state index in [2.05, 4.69) is 30.7 Å². The predicted octanol–water partition coefficient (Wildman–Crippen LogP) is 4.18. The molecule has 0 aliphatic carbocycles. The minimum atomic E-state index is 0.856. The van der Waals surface area contributed by atoms with E-state index in [0.717, 1.165) is 34.6 Å². The first-order valence-corrected chi connectivity index (χ1v) is 6.91. The van der Waals surface area contributed by atoms with Gasteiger partial charge in [-0.05, 0) is 25.3 Å². The standard InChI is InChI=1S/C12H16N2S2/c1-4-6-9-13-11(15)10-8(5-2)7(3)16-12(10)14-9/h4-6H2,1-3H3,(H,13,14,15). The molecule has 0 saturated heterocycles. The third kappa shape index (κ3) is 1.92. The minimum Gasteiger partial charge on any atom is -0.334 e. The van der Waals surface area contributed by atoms with E-state index in [4.69, 9.17) is 12.2 Å². The molecule has 0 spiro atoms. The van der Waals surface area contributed by atoms with Gasteiger partial charge in [-0.25, -0.2) is 4.98 Å². The van der Waals surface area contributed by atoms with Gasteiger partial charge in [-0.1, -0.05) is 26.1 Å². The highest BCUT2D eigenvalue weighted by Crippen LogP contribution is 2.30. The van der Waals surface area contributed by atoms with Crippen molar-refractivity contribution in [1.29, 1.82) is 0 Å². The number of rotatable bonds is 3. The molecule has 0 bridgehead atoms. The fraction of sp³-hybridized carbons (Fsp3) is 0.500. The quantitative estimate of drug-likeness (QED) is 0.830. The van der Waals surface area contributed by atoms with Crippen LogP contribution in [0.1, 0.15) is 36.5 Å². The van der Waals surface area contributed by atoms with Gasteiger partial charge in [0.05, 0.1) is 0 Å². The molecular formula is C12H16N2S2. The summed E-state index contributed by atoms with van der Waals surface area (Å²) in [6.07, 6.45) is 3.09. The van der Waals surface area contributed by atoms with E-state index in [1.165, 1.54) is 15.8 Å². The van der Waals surface area contributed by atoms with Crippen LogP contribution in [0, 0.1) is 11.6 Å². The molecule has 0 aromatic carbocycles. The smallest absolute Gasteiger partial charge is 0.128 e. The van der Waals surface area contributed by atoms with E-state index in [9.17, 15) is 0 Å². The highest BCUT2D eigenvalue weighted by Gasteiger charge is 2.11. The number of hydrogen-bond donors (Lipinski definition) is 1. The maximum atomic E-state index is 5.43. The molecule has 2 aromatic heterocycles. The van der Waals surface area contributed by atoms with Gasteiger partial charge in [-0.2, -0.15) is 0 Å². The van der Waals surface area contributed by atoms with Crippen LogP contribution in [-0.2, 0) is 12.8 Å². The molecule has 0 saturated carbocycles. The Morgan fingerprint density at radius 1 is 1.38 bits per heavy atom. The number of fused-ring (bicyclic) bond motifs is 1. The molecule has 0 atom stereocenters. The minimum absolute atomic E-state index is 0.856. The van der Waals surface area contributed by atoms with Gasteiger partial charge in [0.15, 0.2) is 0 Å². The van der Waals surface area contributed by atoms with Crippen molar-refractivity contribution < 1.29 is 0 Å². The van der Waals surface area contributed by atoms with Crippen molar-refractivity contribution in [2.45, 2.75) is 40.0 Å². The number of aromatic amines is 1. The van der Waals surface area contributed by atoms with Crippen molar-refractivity contribution in [1.82, 2.24) is 9.97 Å². The third-order valence-corrected chi connectivity index (χ3v) is 4.10. The lowest BCUT2D eigenvalue weighted by atomic mass is 10.1. The molecule has 0 aliphatic heterocycles. The van der Waals surface area contributed by atoms with Gasteiger partial charge >= 0.3 is 0 Å². The summed E-state index contributed by atoms with van der Waals surface area (Å²) in [5, 5.41) is 1.17. The van der Waals surface area contributed by atoms with E-state index < -0.39 is 0 Å². The van der Waals surface area contributed by atoms with E-state index in [-0.39, 0.29) is 0 Å². The molecule has 0 fully saturated rings. The number of nitrogens with zero attached hydrogens (tertiary/aromatic N) is 1. The third-order valence-electron chi connectivity index (χ3n) is 2.75. The van der Waals surface area contributed by atoms with Gasteiger partial charge in [0.1, 0.15) is 15.3 Å². The first kappa shape index (κ1) is 11.7. The van der Waals surface area contributed by atoms with Gasteiger partial charge in [-0.15, -0.1) is 11.3 Å². The maximum absolute atomic E-state index is 5.43. The Balaban J connectivity index is 2.71. The van der Waals surface area contributed by atoms with Crippen LogP contribution >= 0.6 is 23.6 Å². The Hall–Kier alpha value is -0.740. The maximum Gasteiger partial charge on any atom is 0.128 e. The number of aromatic nitrogens is 2. The first-order valence-electron chi connectivity index (χ1n) is 5.68. The van der Waals surface area contributed by atoms with Crippen LogP contribution in [0.3, 0.4) is 0 Å². The largest absolute Gasteiger partial charge is 0.334 e. The lowest BCUT2D eigenvalue weighted by Gasteiger charge is -2.00. The summed E-state index contributed by atoms with van der Waals surface area (Å²) in [4.78, 5) is 10.3. The van der Waals surface area contributed by atoms with Gasteiger partial charge in [0, 0.05) is 16.7 Å². The van der Waals surface area contributed by atoms with Gasteiger partial charge in [0.25, 0.3) is 0 Å². The number of nitrogens with one attached hydrogen (secondary N) is 1. The zero-order chi connectivity index (χ0) is 11.7. The molecule has 1 N–H and O–H groups in total. The SMILES string of the molecule is CCCc1nc2sc(C)c(CC)c2c(=S)[nH]1. The second kappa shape index (κ2) is 4.63. The molecule has 4 heteroatoms. The van der Waals surface area contributed by atoms with Crippen LogP contribution in [-0.4, -0.2) is 9.97 Å². The summed E-state index contributed by atoms with van der Waals surface area (Å²) in [7, 11) is 0. The Labute approximate surface area is 105 Å². The molecule has 2 heterocycles. The van der Waals surface area contributed by atoms with Crippen molar-refractivity contribution in [3.8, 4) is 0 Å². The summed E-state index contributed by atoms with van der Waals surface area (Å²) in [6.45, 7) is 6.47. The summed E-state index contributed by atoms with van der Waals surface area (Å²) in [5.41, 5.74) is 1.36. The van der Waals surface area contributed by atoms with Crippen molar-refractivity contribution in [2.75, 3.05) is 0 Å². The zero-order valence-corrected chi connectivity index (χ0v) is 11.5. The lowest BCUT2D eigenvalue weighted by Crippen LogP contribution is -1.95. The Morgan fingerprint density at radius 3 is 2.75 bits per heavy atom. The summed E-state index contributed by atoms with van der Waals surface area (Å²) in [6, 6.07) is 0. The van der Waals surface area contributed by atoms with Crippen LogP contribution in [0.25, 0.3) is 10.2 Å². The Morgan fingerprint density at radius 2 is 2.12 bits per heavy atom. The Bertz CT molecular complexity index is 566. The molecule has 0 radical (unpaired) electrons. The van der Waals surface area contributed by atoms with Crippen molar-refractivity contribution in [3.63, 3.8) is 0 Å². The van der Waals surface area contributed by atoms with Crippen LogP contribution in [0.4, 0.5) is 0 Å². The highest BCUT2D eigenvalue weighted by molar-refractivity contribution is 7.71. The lowest BCUT2D eigenvalue weighted by molar-refractivity contribution is 0.843. The van der Waals surface area contributed by atoms with Crippen LogP contribution in [0.2, 0.25) is 0 Å².